The Morgan fingerprint density at radius 2 is 1.00 bits per heavy atom. The average Bonchev–Trinajstić information content (AvgIpc) is 2.79. The zero-order valence-corrected chi connectivity index (χ0v) is 21.3. The van der Waals surface area contributed by atoms with E-state index in [2.05, 4.69) is 13.8 Å². The molecule has 0 unspecified atom stereocenters. The van der Waals surface area contributed by atoms with Crippen LogP contribution in [0.3, 0.4) is 0 Å². The Morgan fingerprint density at radius 1 is 0.562 bits per heavy atom. The smallest absolute Gasteiger partial charge is 0.311 e. The molecule has 32 heavy (non-hydrogen) atoms. The molecule has 0 aromatic rings. The van der Waals surface area contributed by atoms with Gasteiger partial charge in [-0.05, 0) is 25.3 Å². The molecule has 0 spiro atoms. The molecule has 0 aliphatic carbocycles. The molecule has 0 aromatic carbocycles. The van der Waals surface area contributed by atoms with Crippen LogP contribution in [0, 0.1) is 0 Å². The second-order valence-electron chi connectivity index (χ2n) is 9.03. The molecule has 0 aliphatic rings. The van der Waals surface area contributed by atoms with Crippen LogP contribution >= 0.6 is 0 Å². The lowest BCUT2D eigenvalue weighted by molar-refractivity contribution is -0.148. The number of allylic oxidation sites excluding steroid dienone is 1. The Hall–Kier alpha value is -1.32. The molecule has 188 valence electrons. The highest BCUT2D eigenvalue weighted by molar-refractivity contribution is 5.77. The van der Waals surface area contributed by atoms with E-state index in [0.717, 1.165) is 25.7 Å². The third-order valence-corrected chi connectivity index (χ3v) is 5.81. The van der Waals surface area contributed by atoms with Crippen LogP contribution in [0.4, 0.5) is 0 Å². The number of carbonyl (C=O) groups excluding carboxylic acids is 2. The molecular weight excluding hydrogens is 400 g/mol. The molecule has 0 aromatic heterocycles. The predicted molar refractivity (Wildman–Crippen MR) is 134 cm³/mol. The van der Waals surface area contributed by atoms with Gasteiger partial charge >= 0.3 is 11.9 Å². The fourth-order valence-corrected chi connectivity index (χ4v) is 3.70. The lowest BCUT2D eigenvalue weighted by atomic mass is 10.1. The Kier molecular flexibility index (Phi) is 24.9. The van der Waals surface area contributed by atoms with Crippen molar-refractivity contribution in [3.63, 3.8) is 0 Å². The SMILES string of the molecule is CCCCCCCCCCC=COC(=O)CCC(=O)OCCCCCCCCCCCC. The second kappa shape index (κ2) is 25.9. The van der Waals surface area contributed by atoms with E-state index in [0.29, 0.717) is 6.61 Å². The highest BCUT2D eigenvalue weighted by Crippen LogP contribution is 2.11. The quantitative estimate of drug-likeness (QED) is 0.0833. The molecule has 0 rings (SSSR count). The van der Waals surface area contributed by atoms with Gasteiger partial charge in [0.15, 0.2) is 0 Å². The van der Waals surface area contributed by atoms with E-state index in [1.807, 2.05) is 6.08 Å². The normalized spacial score (nSPS) is 11.2. The fraction of sp³-hybridized carbons (Fsp3) is 0.857. The largest absolute Gasteiger partial charge is 0.466 e. The van der Waals surface area contributed by atoms with Crippen LogP contribution in [0.1, 0.15) is 149 Å². The summed E-state index contributed by atoms with van der Waals surface area (Å²) in [6.07, 6.45) is 27.4. The van der Waals surface area contributed by atoms with Crippen molar-refractivity contribution in [3.8, 4) is 0 Å². The van der Waals surface area contributed by atoms with Crippen LogP contribution in [-0.4, -0.2) is 18.5 Å². The van der Waals surface area contributed by atoms with E-state index in [9.17, 15) is 9.59 Å². The summed E-state index contributed by atoms with van der Waals surface area (Å²) >= 11 is 0. The van der Waals surface area contributed by atoms with Crippen LogP contribution in [0.15, 0.2) is 12.3 Å². The van der Waals surface area contributed by atoms with E-state index < -0.39 is 0 Å². The molecule has 4 heteroatoms. The minimum atomic E-state index is -0.368. The molecule has 0 atom stereocenters. The first-order valence-electron chi connectivity index (χ1n) is 13.7. The van der Waals surface area contributed by atoms with E-state index in [1.165, 1.54) is 103 Å². The van der Waals surface area contributed by atoms with Gasteiger partial charge in [0.25, 0.3) is 0 Å². The number of carbonyl (C=O) groups is 2. The third-order valence-electron chi connectivity index (χ3n) is 5.81. The van der Waals surface area contributed by atoms with E-state index >= 15 is 0 Å². The average molecular weight is 453 g/mol. The Balaban J connectivity index is 3.38. The molecule has 0 fully saturated rings. The van der Waals surface area contributed by atoms with Gasteiger partial charge in [0.1, 0.15) is 0 Å². The van der Waals surface area contributed by atoms with Crippen LogP contribution in [0.5, 0.6) is 0 Å². The number of esters is 2. The van der Waals surface area contributed by atoms with Gasteiger partial charge in [-0.2, -0.15) is 0 Å². The summed E-state index contributed by atoms with van der Waals surface area (Å²) in [5.41, 5.74) is 0. The van der Waals surface area contributed by atoms with Crippen LogP contribution in [0.2, 0.25) is 0 Å². The summed E-state index contributed by atoms with van der Waals surface area (Å²) < 4.78 is 10.3. The summed E-state index contributed by atoms with van der Waals surface area (Å²) in [6.45, 7) is 4.95. The van der Waals surface area contributed by atoms with E-state index in [-0.39, 0.29) is 24.8 Å². The maximum absolute atomic E-state index is 11.7. The Bertz CT molecular complexity index is 445. The minimum Gasteiger partial charge on any atom is -0.466 e. The predicted octanol–water partition coefficient (Wildman–Crippen LogP) is 8.82. The highest BCUT2D eigenvalue weighted by atomic mass is 16.5. The number of ether oxygens (including phenoxy) is 2. The molecule has 0 bridgehead atoms. The molecule has 0 N–H and O–H groups in total. The van der Waals surface area contributed by atoms with Crippen molar-refractivity contribution in [1.29, 1.82) is 0 Å². The molecular formula is C28H52O4. The molecule has 0 amide bonds. The highest BCUT2D eigenvalue weighted by Gasteiger charge is 2.08. The Labute approximate surface area is 198 Å². The fourth-order valence-electron chi connectivity index (χ4n) is 3.70. The third kappa shape index (κ3) is 24.9. The number of hydrogen-bond acceptors (Lipinski definition) is 4. The zero-order chi connectivity index (χ0) is 23.5. The maximum Gasteiger partial charge on any atom is 0.311 e. The number of unbranched alkanes of at least 4 members (excludes halogenated alkanes) is 17. The van der Waals surface area contributed by atoms with Gasteiger partial charge in [-0.15, -0.1) is 0 Å². The summed E-state index contributed by atoms with van der Waals surface area (Å²) in [5.74, 6) is -0.672. The van der Waals surface area contributed by atoms with Crippen molar-refractivity contribution in [2.75, 3.05) is 6.61 Å². The molecule has 0 radical (unpaired) electrons. The van der Waals surface area contributed by atoms with Crippen molar-refractivity contribution in [2.24, 2.45) is 0 Å². The van der Waals surface area contributed by atoms with Gasteiger partial charge in [0.2, 0.25) is 0 Å². The van der Waals surface area contributed by atoms with Crippen LogP contribution in [-0.2, 0) is 19.1 Å². The van der Waals surface area contributed by atoms with Crippen molar-refractivity contribution in [1.82, 2.24) is 0 Å². The molecule has 0 aliphatic heterocycles. The first-order valence-corrected chi connectivity index (χ1v) is 13.7. The Morgan fingerprint density at radius 3 is 1.53 bits per heavy atom. The summed E-state index contributed by atoms with van der Waals surface area (Å²) in [6, 6.07) is 0. The van der Waals surface area contributed by atoms with Crippen molar-refractivity contribution < 1.29 is 19.1 Å². The lowest BCUT2D eigenvalue weighted by Crippen LogP contribution is -2.09. The zero-order valence-electron chi connectivity index (χ0n) is 21.3. The van der Waals surface area contributed by atoms with Gasteiger partial charge in [0, 0.05) is 0 Å². The monoisotopic (exact) mass is 452 g/mol. The summed E-state index contributed by atoms with van der Waals surface area (Å²) in [5, 5.41) is 0. The first-order chi connectivity index (χ1) is 15.7. The van der Waals surface area contributed by atoms with Crippen molar-refractivity contribution in [2.45, 2.75) is 149 Å². The van der Waals surface area contributed by atoms with Gasteiger partial charge in [-0.1, -0.05) is 117 Å². The molecule has 0 saturated carbocycles. The minimum absolute atomic E-state index is 0.0823. The second-order valence-corrected chi connectivity index (χ2v) is 9.03. The topological polar surface area (TPSA) is 52.6 Å². The summed E-state index contributed by atoms with van der Waals surface area (Å²) in [7, 11) is 0. The van der Waals surface area contributed by atoms with Crippen LogP contribution in [0.25, 0.3) is 0 Å². The number of hydrogen-bond donors (Lipinski definition) is 0. The standard InChI is InChI=1S/C28H52O4/c1-3-5-7-9-11-13-15-17-19-21-25-31-27(29)23-24-28(30)32-26-22-20-18-16-14-12-10-8-6-4-2/h21,25H,3-20,22-24,26H2,1-2H3. The van der Waals surface area contributed by atoms with E-state index in [1.54, 1.807) is 0 Å². The lowest BCUT2D eigenvalue weighted by Gasteiger charge is -2.05. The van der Waals surface area contributed by atoms with Gasteiger partial charge in [0.05, 0.1) is 25.7 Å². The first kappa shape index (κ1) is 30.7. The molecule has 4 nitrogen and oxygen atoms in total. The maximum atomic E-state index is 11.7. The van der Waals surface area contributed by atoms with Gasteiger partial charge < -0.3 is 9.47 Å². The van der Waals surface area contributed by atoms with E-state index in [4.69, 9.17) is 9.47 Å². The van der Waals surface area contributed by atoms with Crippen molar-refractivity contribution in [3.05, 3.63) is 12.3 Å². The summed E-state index contributed by atoms with van der Waals surface area (Å²) in [4.78, 5) is 23.4. The van der Waals surface area contributed by atoms with Gasteiger partial charge in [-0.25, -0.2) is 0 Å². The van der Waals surface area contributed by atoms with Crippen molar-refractivity contribution >= 4 is 11.9 Å². The van der Waals surface area contributed by atoms with Gasteiger partial charge in [-0.3, -0.25) is 9.59 Å². The number of rotatable bonds is 24. The molecule has 0 saturated heterocycles. The molecule has 0 heterocycles. The van der Waals surface area contributed by atoms with Crippen LogP contribution < -0.4 is 0 Å².